The van der Waals surface area contributed by atoms with Crippen LogP contribution in [0.15, 0.2) is 52.3 Å². The third kappa shape index (κ3) is 2.76. The molecule has 1 N–H and O–H groups in total. The molecule has 2 rings (SSSR count). The van der Waals surface area contributed by atoms with Gasteiger partial charge in [-0.15, -0.1) is 0 Å². The van der Waals surface area contributed by atoms with Crippen LogP contribution in [0.3, 0.4) is 0 Å². The van der Waals surface area contributed by atoms with E-state index >= 15 is 0 Å². The Morgan fingerprint density at radius 3 is 2.55 bits per heavy atom. The van der Waals surface area contributed by atoms with Gasteiger partial charge in [-0.2, -0.15) is 0 Å². The van der Waals surface area contributed by atoms with Crippen LogP contribution in [0.4, 0.5) is 0 Å². The highest BCUT2D eigenvalue weighted by Crippen LogP contribution is 2.39. The van der Waals surface area contributed by atoms with Crippen molar-refractivity contribution in [2.45, 2.75) is 12.0 Å². The highest BCUT2D eigenvalue weighted by Gasteiger charge is 2.35. The zero-order chi connectivity index (χ0) is 14.8. The molecule has 3 nitrogen and oxygen atoms in total. The van der Waals surface area contributed by atoms with Gasteiger partial charge in [0.2, 0.25) is 0 Å². The van der Waals surface area contributed by atoms with Gasteiger partial charge >= 0.3 is 0 Å². The van der Waals surface area contributed by atoms with Crippen molar-refractivity contribution in [3.8, 4) is 0 Å². The molecule has 0 aliphatic heterocycles. The Labute approximate surface area is 129 Å². The molecule has 0 bridgehead atoms. The van der Waals surface area contributed by atoms with Gasteiger partial charge in [-0.25, -0.2) is 0 Å². The van der Waals surface area contributed by atoms with E-state index in [9.17, 15) is 0 Å². The van der Waals surface area contributed by atoms with E-state index in [1.54, 1.807) is 7.11 Å². The van der Waals surface area contributed by atoms with E-state index in [2.05, 4.69) is 70.6 Å². The van der Waals surface area contributed by atoms with Crippen molar-refractivity contribution < 1.29 is 4.74 Å². The molecule has 0 fully saturated rings. The van der Waals surface area contributed by atoms with Gasteiger partial charge in [0.15, 0.2) is 0 Å². The van der Waals surface area contributed by atoms with E-state index in [-0.39, 0.29) is 5.54 Å². The quantitative estimate of drug-likeness (QED) is 0.913. The number of benzene rings is 1. The Kier molecular flexibility index (Phi) is 4.55. The standard InChI is InChI=1S/C16H21BrN2O/c1-18-16(14-7-5-6-8-15(14)17)10-12(19(2)3)9-13(11-16)20-4/h5-9,11,18H,10H2,1-4H3. The largest absolute Gasteiger partial charge is 0.497 e. The lowest BCUT2D eigenvalue weighted by atomic mass is 9.82. The molecule has 4 heteroatoms. The molecule has 0 aromatic heterocycles. The minimum Gasteiger partial charge on any atom is -0.497 e. The molecule has 0 saturated carbocycles. The van der Waals surface area contributed by atoms with Crippen LogP contribution in [0.1, 0.15) is 12.0 Å². The summed E-state index contributed by atoms with van der Waals surface area (Å²) in [5.74, 6) is 0.880. The molecule has 1 aromatic rings. The highest BCUT2D eigenvalue weighted by atomic mass is 79.9. The lowest BCUT2D eigenvalue weighted by molar-refractivity contribution is 0.279. The van der Waals surface area contributed by atoms with Crippen LogP contribution in [-0.2, 0) is 10.3 Å². The zero-order valence-corrected chi connectivity index (χ0v) is 14.0. The van der Waals surface area contributed by atoms with Crippen LogP contribution >= 0.6 is 15.9 Å². The number of hydrogen-bond acceptors (Lipinski definition) is 3. The predicted octanol–water partition coefficient (Wildman–Crippen LogP) is 3.24. The van der Waals surface area contributed by atoms with Gasteiger partial charge < -0.3 is 15.0 Å². The molecule has 0 spiro atoms. The van der Waals surface area contributed by atoms with Crippen molar-refractivity contribution in [1.29, 1.82) is 0 Å². The van der Waals surface area contributed by atoms with Crippen LogP contribution in [0.5, 0.6) is 0 Å². The predicted molar refractivity (Wildman–Crippen MR) is 86.4 cm³/mol. The number of hydrogen-bond donors (Lipinski definition) is 1. The van der Waals surface area contributed by atoms with Gasteiger partial charge in [-0.1, -0.05) is 34.1 Å². The van der Waals surface area contributed by atoms with E-state index < -0.39 is 0 Å². The second kappa shape index (κ2) is 6.02. The molecule has 1 aliphatic carbocycles. The summed E-state index contributed by atoms with van der Waals surface area (Å²) < 4.78 is 6.59. The molecule has 1 atom stereocenters. The average molecular weight is 337 g/mol. The van der Waals surface area contributed by atoms with E-state index in [4.69, 9.17) is 4.74 Å². The van der Waals surface area contributed by atoms with E-state index in [1.165, 1.54) is 11.3 Å². The Morgan fingerprint density at radius 2 is 2.00 bits per heavy atom. The van der Waals surface area contributed by atoms with Crippen molar-refractivity contribution >= 4 is 15.9 Å². The maximum Gasteiger partial charge on any atom is 0.118 e. The molecular formula is C16H21BrN2O. The van der Waals surface area contributed by atoms with Gasteiger partial charge in [-0.3, -0.25) is 0 Å². The molecule has 0 radical (unpaired) electrons. The van der Waals surface area contributed by atoms with Crippen LogP contribution in [0.2, 0.25) is 0 Å². The van der Waals surface area contributed by atoms with E-state index in [0.29, 0.717) is 0 Å². The lowest BCUT2D eigenvalue weighted by Crippen LogP contribution is -2.42. The monoisotopic (exact) mass is 336 g/mol. The van der Waals surface area contributed by atoms with Gasteiger partial charge in [-0.05, 0) is 30.8 Å². The molecule has 20 heavy (non-hydrogen) atoms. The maximum atomic E-state index is 5.49. The number of allylic oxidation sites excluding steroid dienone is 1. The third-order valence-corrected chi connectivity index (χ3v) is 4.46. The lowest BCUT2D eigenvalue weighted by Gasteiger charge is -2.37. The highest BCUT2D eigenvalue weighted by molar-refractivity contribution is 9.10. The van der Waals surface area contributed by atoms with E-state index in [1.807, 2.05) is 13.1 Å². The summed E-state index contributed by atoms with van der Waals surface area (Å²) in [5.41, 5.74) is 2.18. The molecule has 1 aromatic carbocycles. The first-order valence-electron chi connectivity index (χ1n) is 6.61. The van der Waals surface area contributed by atoms with Gasteiger partial charge in [0.05, 0.1) is 12.6 Å². The summed E-state index contributed by atoms with van der Waals surface area (Å²) in [7, 11) is 7.82. The second-order valence-electron chi connectivity index (χ2n) is 5.16. The summed E-state index contributed by atoms with van der Waals surface area (Å²) >= 11 is 3.66. The first-order chi connectivity index (χ1) is 9.52. The number of halogens is 1. The van der Waals surface area contributed by atoms with E-state index in [0.717, 1.165) is 16.7 Å². The Balaban J connectivity index is 2.54. The first-order valence-corrected chi connectivity index (χ1v) is 7.40. The van der Waals surface area contributed by atoms with Crippen LogP contribution in [0, 0.1) is 0 Å². The van der Waals surface area contributed by atoms with Gasteiger partial charge in [0.1, 0.15) is 5.76 Å². The van der Waals surface area contributed by atoms with Crippen molar-refractivity contribution in [1.82, 2.24) is 10.2 Å². The minimum absolute atomic E-state index is 0.264. The molecule has 108 valence electrons. The number of nitrogens with one attached hydrogen (secondary N) is 1. The fraction of sp³-hybridized carbons (Fsp3) is 0.375. The summed E-state index contributed by atoms with van der Waals surface area (Å²) in [4.78, 5) is 2.13. The number of nitrogens with zero attached hydrogens (tertiary/aromatic N) is 1. The minimum atomic E-state index is -0.264. The third-order valence-electron chi connectivity index (χ3n) is 3.77. The first kappa shape index (κ1) is 15.1. The van der Waals surface area contributed by atoms with Crippen molar-refractivity contribution in [2.75, 3.05) is 28.3 Å². The van der Waals surface area contributed by atoms with Crippen molar-refractivity contribution in [3.05, 3.63) is 57.9 Å². The molecule has 0 amide bonds. The Morgan fingerprint density at radius 1 is 1.30 bits per heavy atom. The number of ether oxygens (including phenoxy) is 1. The number of likely N-dealkylation sites (N-methyl/N-ethyl adjacent to an activating group) is 1. The fourth-order valence-corrected chi connectivity index (χ4v) is 3.17. The van der Waals surface area contributed by atoms with Gasteiger partial charge in [0.25, 0.3) is 0 Å². The molecular weight excluding hydrogens is 316 g/mol. The normalized spacial score (nSPS) is 22.1. The zero-order valence-electron chi connectivity index (χ0n) is 12.4. The van der Waals surface area contributed by atoms with Crippen LogP contribution in [-0.4, -0.2) is 33.2 Å². The molecule has 1 aliphatic rings. The Bertz CT molecular complexity index is 551. The summed E-state index contributed by atoms with van der Waals surface area (Å²) in [6.07, 6.45) is 5.12. The number of methoxy groups -OCH3 is 1. The fourth-order valence-electron chi connectivity index (χ4n) is 2.53. The van der Waals surface area contributed by atoms with Crippen molar-refractivity contribution in [3.63, 3.8) is 0 Å². The SMILES string of the molecule is CNC1(c2ccccc2Br)C=C(OC)C=C(N(C)C)C1. The molecule has 0 saturated heterocycles. The topological polar surface area (TPSA) is 24.5 Å². The summed E-state index contributed by atoms with van der Waals surface area (Å²) in [5, 5.41) is 3.47. The summed E-state index contributed by atoms with van der Waals surface area (Å²) in [6.45, 7) is 0. The average Bonchev–Trinajstić information content (AvgIpc) is 2.47. The molecule has 1 unspecified atom stereocenters. The number of rotatable bonds is 4. The maximum absolute atomic E-state index is 5.49. The smallest absolute Gasteiger partial charge is 0.118 e. The van der Waals surface area contributed by atoms with Crippen LogP contribution < -0.4 is 5.32 Å². The van der Waals surface area contributed by atoms with Crippen LogP contribution in [0.25, 0.3) is 0 Å². The molecule has 0 heterocycles. The summed E-state index contributed by atoms with van der Waals surface area (Å²) in [6, 6.07) is 8.31. The second-order valence-corrected chi connectivity index (χ2v) is 6.01. The van der Waals surface area contributed by atoms with Gasteiger partial charge in [0, 0.05) is 30.7 Å². The van der Waals surface area contributed by atoms with Crippen molar-refractivity contribution in [2.24, 2.45) is 0 Å². The Hall–Kier alpha value is -1.26.